The number of alkyl halides is 3. The number of para-hydroxylation sites is 1. The molecule has 1 aromatic rings. The van der Waals surface area contributed by atoms with Crippen LogP contribution in [-0.2, 0) is 20.9 Å². The van der Waals surface area contributed by atoms with Gasteiger partial charge in [0.2, 0.25) is 0 Å². The average Bonchev–Trinajstić information content (AvgIpc) is 2.54. The Hall–Kier alpha value is -1.75. The number of benzene rings is 1. The molecule has 144 valence electrons. The zero-order chi connectivity index (χ0) is 19.6. The van der Waals surface area contributed by atoms with Crippen LogP contribution < -0.4 is 4.74 Å². The molecule has 1 aliphatic rings. The maximum Gasteiger partial charge on any atom is 0.573 e. The molecule has 0 aromatic heterocycles. The monoisotopic (exact) mass is 412 g/mol. The van der Waals surface area contributed by atoms with Crippen molar-refractivity contribution in [2.75, 3.05) is 0 Å². The fraction of sp³-hybridized carbons (Fsp3) is 0.500. The number of rotatable bonds is 4. The van der Waals surface area contributed by atoms with E-state index in [9.17, 15) is 35.9 Å². The van der Waals surface area contributed by atoms with Crippen molar-refractivity contribution in [2.45, 2.75) is 48.1 Å². The molecular weight excluding hydrogens is 397 g/mol. The third-order valence-electron chi connectivity index (χ3n) is 4.09. The molecule has 0 aliphatic heterocycles. The first-order chi connectivity index (χ1) is 12.0. The van der Waals surface area contributed by atoms with E-state index in [1.165, 1.54) is 0 Å². The fourth-order valence-electron chi connectivity index (χ4n) is 2.96. The van der Waals surface area contributed by atoms with Crippen molar-refractivity contribution >= 4 is 26.0 Å². The number of ether oxygens (including phenoxy) is 1. The van der Waals surface area contributed by atoms with Crippen molar-refractivity contribution in [1.29, 1.82) is 0 Å². The molecule has 0 bridgehead atoms. The standard InChI is InChI=1S/C14H15F3N2O5S2/c15-14(16,17)24-10-6-2-3-7-11(10)26(22,23)12(19-18)13(25(20)21)8-4-1-5-9-13/h2-3,6-7H,1,4-5,8-9H2,(H,20,21). The van der Waals surface area contributed by atoms with Crippen molar-refractivity contribution in [3.8, 4) is 5.75 Å². The highest BCUT2D eigenvalue weighted by atomic mass is 32.2. The Morgan fingerprint density at radius 2 is 1.81 bits per heavy atom. The summed E-state index contributed by atoms with van der Waals surface area (Å²) < 4.78 is 86.9. The third kappa shape index (κ3) is 3.98. The summed E-state index contributed by atoms with van der Waals surface area (Å²) in [6.45, 7) is 0. The lowest BCUT2D eigenvalue weighted by Gasteiger charge is -2.29. The minimum Gasteiger partial charge on any atom is -0.404 e. The van der Waals surface area contributed by atoms with Crippen LogP contribution in [0.2, 0.25) is 0 Å². The van der Waals surface area contributed by atoms with Crippen molar-refractivity contribution < 1.29 is 39.9 Å². The Morgan fingerprint density at radius 3 is 2.31 bits per heavy atom. The Labute approximate surface area is 150 Å². The Bertz CT molecular complexity index is 858. The maximum atomic E-state index is 12.9. The molecule has 0 radical (unpaired) electrons. The van der Waals surface area contributed by atoms with E-state index in [1.807, 2.05) is 0 Å². The summed E-state index contributed by atoms with van der Waals surface area (Å²) in [4.78, 5) is 1.83. The number of halogens is 3. The largest absolute Gasteiger partial charge is 0.573 e. The van der Waals surface area contributed by atoms with Gasteiger partial charge >= 0.3 is 11.4 Å². The normalized spacial score (nSPS) is 18.6. The van der Waals surface area contributed by atoms with Gasteiger partial charge in [-0.15, -0.1) is 13.2 Å². The first kappa shape index (κ1) is 20.6. The first-order valence-corrected chi connectivity index (χ1v) is 10.1. The smallest absolute Gasteiger partial charge is 0.404 e. The molecule has 7 nitrogen and oxygen atoms in total. The highest BCUT2D eigenvalue weighted by molar-refractivity contribution is 8.08. The predicted molar refractivity (Wildman–Crippen MR) is 85.5 cm³/mol. The SMILES string of the molecule is [N-]=[N+]=C(C1(S(=O)O)CCCCC1)S(=O)(=O)c1ccccc1OC(F)(F)F. The van der Waals surface area contributed by atoms with E-state index in [-0.39, 0.29) is 12.8 Å². The summed E-state index contributed by atoms with van der Waals surface area (Å²) >= 11 is -2.72. The molecule has 1 aromatic carbocycles. The minimum absolute atomic E-state index is 0.0585. The van der Waals surface area contributed by atoms with Gasteiger partial charge in [0, 0.05) is 0 Å². The van der Waals surface area contributed by atoms with Crippen molar-refractivity contribution in [1.82, 2.24) is 0 Å². The summed E-state index contributed by atoms with van der Waals surface area (Å²) in [5.74, 6) is -1.02. The lowest BCUT2D eigenvalue weighted by molar-refractivity contribution is -0.275. The lowest BCUT2D eigenvalue weighted by Crippen LogP contribution is -2.48. The van der Waals surface area contributed by atoms with Crippen LogP contribution in [0, 0.1) is 0 Å². The van der Waals surface area contributed by atoms with Gasteiger partial charge in [0.1, 0.15) is 10.6 Å². The summed E-state index contributed by atoms with van der Waals surface area (Å²) in [5.41, 5.74) is 9.31. The zero-order valence-corrected chi connectivity index (χ0v) is 14.9. The number of sulfone groups is 1. The Balaban J connectivity index is 2.62. The van der Waals surface area contributed by atoms with Crippen LogP contribution >= 0.6 is 0 Å². The molecule has 0 amide bonds. The molecule has 0 spiro atoms. The molecule has 0 heterocycles. The summed E-state index contributed by atoms with van der Waals surface area (Å²) in [6.07, 6.45) is -3.77. The second-order valence-electron chi connectivity index (χ2n) is 5.71. The molecule has 1 fully saturated rings. The van der Waals surface area contributed by atoms with E-state index in [4.69, 9.17) is 0 Å². The van der Waals surface area contributed by atoms with E-state index in [0.29, 0.717) is 19.3 Å². The van der Waals surface area contributed by atoms with Gasteiger partial charge in [0.05, 0.1) is 0 Å². The molecule has 1 atom stereocenters. The summed E-state index contributed by atoms with van der Waals surface area (Å²) in [7, 11) is -4.84. The molecular formula is C14H15F3N2O5S2. The first-order valence-electron chi connectivity index (χ1n) is 7.48. The number of nitrogens with zero attached hydrogens (tertiary/aromatic N) is 2. The Morgan fingerprint density at radius 1 is 1.23 bits per heavy atom. The van der Waals surface area contributed by atoms with Gasteiger partial charge < -0.3 is 14.8 Å². The van der Waals surface area contributed by atoms with E-state index in [2.05, 4.69) is 9.53 Å². The third-order valence-corrected chi connectivity index (χ3v) is 7.39. The molecule has 0 saturated heterocycles. The predicted octanol–water partition coefficient (Wildman–Crippen LogP) is 2.91. The molecule has 26 heavy (non-hydrogen) atoms. The number of hydrogen-bond acceptors (Lipinski definition) is 4. The fourth-order valence-corrected chi connectivity index (χ4v) is 5.97. The van der Waals surface area contributed by atoms with Crippen LogP contribution in [-0.4, -0.2) is 38.1 Å². The molecule has 2 rings (SSSR count). The van der Waals surface area contributed by atoms with Gasteiger partial charge in [-0.3, -0.25) is 0 Å². The van der Waals surface area contributed by atoms with Crippen LogP contribution in [0.3, 0.4) is 0 Å². The topological polar surface area (TPSA) is 117 Å². The van der Waals surface area contributed by atoms with Crippen molar-refractivity contribution in [3.63, 3.8) is 0 Å². The van der Waals surface area contributed by atoms with Crippen LogP contribution in [0.5, 0.6) is 5.75 Å². The average molecular weight is 412 g/mol. The molecule has 1 unspecified atom stereocenters. The highest BCUT2D eigenvalue weighted by Gasteiger charge is 2.56. The second-order valence-corrected chi connectivity index (χ2v) is 8.82. The second kappa shape index (κ2) is 7.47. The number of hydrogen-bond donors (Lipinski definition) is 1. The van der Waals surface area contributed by atoms with Gasteiger partial charge in [0.15, 0.2) is 15.8 Å². The van der Waals surface area contributed by atoms with Crippen LogP contribution in [0.4, 0.5) is 13.2 Å². The molecule has 1 aliphatic carbocycles. The van der Waals surface area contributed by atoms with Crippen LogP contribution in [0.1, 0.15) is 32.1 Å². The van der Waals surface area contributed by atoms with Crippen LogP contribution in [0.15, 0.2) is 29.2 Å². The van der Waals surface area contributed by atoms with Crippen molar-refractivity contribution in [2.24, 2.45) is 0 Å². The zero-order valence-electron chi connectivity index (χ0n) is 13.3. The highest BCUT2D eigenvalue weighted by Crippen LogP contribution is 2.39. The van der Waals surface area contributed by atoms with E-state index in [0.717, 1.165) is 24.3 Å². The van der Waals surface area contributed by atoms with Gasteiger partial charge in [-0.1, -0.05) is 31.4 Å². The van der Waals surface area contributed by atoms with Gasteiger partial charge in [-0.2, -0.15) is 4.79 Å². The molecule has 1 saturated carbocycles. The van der Waals surface area contributed by atoms with E-state index < -0.39 is 47.7 Å². The summed E-state index contributed by atoms with van der Waals surface area (Å²) in [6, 6.07) is 3.93. The quantitative estimate of drug-likeness (QED) is 0.268. The summed E-state index contributed by atoms with van der Waals surface area (Å²) in [5, 5.41) is -1.04. The van der Waals surface area contributed by atoms with E-state index >= 15 is 0 Å². The van der Waals surface area contributed by atoms with E-state index in [1.54, 1.807) is 0 Å². The van der Waals surface area contributed by atoms with Crippen molar-refractivity contribution in [3.05, 3.63) is 29.8 Å². The molecule has 12 heteroatoms. The van der Waals surface area contributed by atoms with Crippen LogP contribution in [0.25, 0.3) is 5.53 Å². The van der Waals surface area contributed by atoms with Gasteiger partial charge in [-0.25, -0.2) is 12.6 Å². The minimum atomic E-state index is -5.15. The maximum absolute atomic E-state index is 12.9. The van der Waals surface area contributed by atoms with Gasteiger partial charge in [-0.05, 0) is 25.0 Å². The lowest BCUT2D eigenvalue weighted by atomic mass is 9.89. The molecule has 1 N–H and O–H groups in total. The van der Waals surface area contributed by atoms with Gasteiger partial charge in [0.25, 0.3) is 9.84 Å². The Kier molecular flexibility index (Phi) is 5.91.